The van der Waals surface area contributed by atoms with Crippen LogP contribution in [0.3, 0.4) is 0 Å². The molecule has 152 valence electrons. The van der Waals surface area contributed by atoms with Gasteiger partial charge in [0.25, 0.3) is 5.91 Å². The van der Waals surface area contributed by atoms with E-state index in [-0.39, 0.29) is 18.4 Å². The van der Waals surface area contributed by atoms with E-state index in [4.69, 9.17) is 0 Å². The van der Waals surface area contributed by atoms with Crippen LogP contribution >= 0.6 is 0 Å². The summed E-state index contributed by atoms with van der Waals surface area (Å²) in [5.41, 5.74) is 4.97. The van der Waals surface area contributed by atoms with E-state index in [0.29, 0.717) is 18.7 Å². The number of likely N-dealkylation sites (N-methyl/N-ethyl adjacent to an activating group) is 1. The van der Waals surface area contributed by atoms with Crippen molar-refractivity contribution in [2.75, 3.05) is 31.6 Å². The van der Waals surface area contributed by atoms with Crippen molar-refractivity contribution in [2.45, 2.75) is 6.54 Å². The monoisotopic (exact) mass is 399 g/mol. The number of carbonyl (C=O) groups is 2. The van der Waals surface area contributed by atoms with Crippen molar-refractivity contribution >= 4 is 17.5 Å². The molecule has 1 aliphatic heterocycles. The minimum absolute atomic E-state index is 0.00878. The zero-order valence-electron chi connectivity index (χ0n) is 17.0. The van der Waals surface area contributed by atoms with Crippen LogP contribution in [0.1, 0.15) is 15.9 Å². The number of fused-ring (bicyclic) bond motifs is 1. The molecule has 0 saturated heterocycles. The Kier molecular flexibility index (Phi) is 5.80. The van der Waals surface area contributed by atoms with Gasteiger partial charge in [-0.3, -0.25) is 9.59 Å². The van der Waals surface area contributed by atoms with Crippen molar-refractivity contribution in [1.29, 1.82) is 0 Å². The van der Waals surface area contributed by atoms with E-state index >= 15 is 0 Å². The molecule has 0 aliphatic carbocycles. The Morgan fingerprint density at radius 3 is 2.27 bits per heavy atom. The lowest BCUT2D eigenvalue weighted by atomic mass is 10.0. The lowest BCUT2D eigenvalue weighted by Crippen LogP contribution is -2.41. The zero-order chi connectivity index (χ0) is 20.9. The number of hydrogen-bond acceptors (Lipinski definition) is 3. The molecule has 0 fully saturated rings. The van der Waals surface area contributed by atoms with Crippen LogP contribution in [0.2, 0.25) is 0 Å². The molecule has 5 heteroatoms. The van der Waals surface area contributed by atoms with E-state index in [1.807, 2.05) is 67.7 Å². The average Bonchev–Trinajstić information content (AvgIpc) is 2.97. The SMILES string of the molecule is CN1CCN(C(=O)CNC(=O)c2ccc(-c3ccccc3)cc2)Cc2ccccc21. The minimum atomic E-state index is -0.240. The summed E-state index contributed by atoms with van der Waals surface area (Å²) in [7, 11) is 2.04. The van der Waals surface area contributed by atoms with Gasteiger partial charge in [0.05, 0.1) is 6.54 Å². The number of carbonyl (C=O) groups excluding carboxylic acids is 2. The van der Waals surface area contributed by atoms with Gasteiger partial charge >= 0.3 is 0 Å². The average molecular weight is 399 g/mol. The maximum Gasteiger partial charge on any atom is 0.251 e. The molecule has 1 N–H and O–H groups in total. The lowest BCUT2D eigenvalue weighted by Gasteiger charge is -2.21. The summed E-state index contributed by atoms with van der Waals surface area (Å²) >= 11 is 0. The molecule has 5 nitrogen and oxygen atoms in total. The molecule has 30 heavy (non-hydrogen) atoms. The quantitative estimate of drug-likeness (QED) is 0.730. The summed E-state index contributed by atoms with van der Waals surface area (Å²) in [6, 6.07) is 25.6. The van der Waals surface area contributed by atoms with Gasteiger partial charge < -0.3 is 15.1 Å². The predicted octanol–water partition coefficient (Wildman–Crippen LogP) is 3.56. The van der Waals surface area contributed by atoms with E-state index in [2.05, 4.69) is 16.3 Å². The molecular formula is C25H25N3O2. The van der Waals surface area contributed by atoms with Crippen molar-refractivity contribution in [1.82, 2.24) is 10.2 Å². The molecular weight excluding hydrogens is 374 g/mol. The molecule has 0 saturated carbocycles. The number of para-hydroxylation sites is 1. The van der Waals surface area contributed by atoms with Crippen molar-refractivity contribution in [2.24, 2.45) is 0 Å². The second-order valence-corrected chi connectivity index (χ2v) is 7.49. The fraction of sp³-hybridized carbons (Fsp3) is 0.200. The van der Waals surface area contributed by atoms with E-state index in [1.165, 1.54) is 0 Å². The highest BCUT2D eigenvalue weighted by Crippen LogP contribution is 2.23. The Morgan fingerprint density at radius 2 is 1.50 bits per heavy atom. The van der Waals surface area contributed by atoms with Gasteiger partial charge in [0.1, 0.15) is 0 Å². The first-order chi connectivity index (χ1) is 14.6. The van der Waals surface area contributed by atoms with Crippen molar-refractivity contribution < 1.29 is 9.59 Å². The van der Waals surface area contributed by atoms with Crippen LogP contribution in [0, 0.1) is 0 Å². The van der Waals surface area contributed by atoms with Gasteiger partial charge in [0.2, 0.25) is 5.91 Å². The standard InChI is InChI=1S/C25H25N3O2/c1-27-15-16-28(18-22-9-5-6-10-23(22)27)24(29)17-26-25(30)21-13-11-20(12-14-21)19-7-3-2-4-8-19/h2-14H,15-18H2,1H3,(H,26,30). The Bertz CT molecular complexity index is 1030. The number of rotatable bonds is 4. The number of nitrogens with zero attached hydrogens (tertiary/aromatic N) is 2. The molecule has 0 aromatic heterocycles. The molecule has 3 aromatic carbocycles. The summed E-state index contributed by atoms with van der Waals surface area (Å²) in [5.74, 6) is -0.315. The Hall–Kier alpha value is -3.60. The number of hydrogen-bond donors (Lipinski definition) is 1. The normalized spacial score (nSPS) is 13.4. The number of nitrogens with one attached hydrogen (secondary N) is 1. The van der Waals surface area contributed by atoms with Gasteiger partial charge in [-0.05, 0) is 34.9 Å². The molecule has 3 aromatic rings. The molecule has 4 rings (SSSR count). The number of anilines is 1. The summed E-state index contributed by atoms with van der Waals surface area (Å²) in [6.07, 6.45) is 0. The van der Waals surface area contributed by atoms with Crippen LogP contribution in [-0.4, -0.2) is 43.4 Å². The maximum atomic E-state index is 12.7. The molecule has 1 heterocycles. The Balaban J connectivity index is 1.36. The van der Waals surface area contributed by atoms with Crippen LogP contribution in [0.15, 0.2) is 78.9 Å². The van der Waals surface area contributed by atoms with Crippen LogP contribution in [0.25, 0.3) is 11.1 Å². The lowest BCUT2D eigenvalue weighted by molar-refractivity contribution is -0.130. The third kappa shape index (κ3) is 4.35. The zero-order valence-corrected chi connectivity index (χ0v) is 17.0. The summed E-state index contributed by atoms with van der Waals surface area (Å²) in [6.45, 7) is 1.94. The fourth-order valence-electron chi connectivity index (χ4n) is 3.72. The summed E-state index contributed by atoms with van der Waals surface area (Å²) < 4.78 is 0. The Morgan fingerprint density at radius 1 is 0.833 bits per heavy atom. The van der Waals surface area contributed by atoms with Gasteiger partial charge in [0, 0.05) is 37.9 Å². The van der Waals surface area contributed by atoms with Crippen molar-refractivity contribution in [3.63, 3.8) is 0 Å². The topological polar surface area (TPSA) is 52.6 Å². The van der Waals surface area contributed by atoms with Gasteiger partial charge in [-0.25, -0.2) is 0 Å². The third-order valence-corrected chi connectivity index (χ3v) is 5.48. The van der Waals surface area contributed by atoms with Crippen LogP contribution < -0.4 is 10.2 Å². The van der Waals surface area contributed by atoms with Crippen molar-refractivity contribution in [3.8, 4) is 11.1 Å². The second-order valence-electron chi connectivity index (χ2n) is 7.49. The van der Waals surface area contributed by atoms with E-state index in [9.17, 15) is 9.59 Å². The second kappa shape index (κ2) is 8.82. The van der Waals surface area contributed by atoms with Crippen LogP contribution in [0.5, 0.6) is 0 Å². The minimum Gasteiger partial charge on any atom is -0.373 e. The van der Waals surface area contributed by atoms with E-state index in [0.717, 1.165) is 28.9 Å². The summed E-state index contributed by atoms with van der Waals surface area (Å²) in [5, 5.41) is 2.77. The molecule has 0 spiro atoms. The highest BCUT2D eigenvalue weighted by atomic mass is 16.2. The van der Waals surface area contributed by atoms with Crippen LogP contribution in [-0.2, 0) is 11.3 Å². The molecule has 1 aliphatic rings. The number of benzene rings is 3. The Labute approximate surface area is 176 Å². The largest absolute Gasteiger partial charge is 0.373 e. The van der Waals surface area contributed by atoms with E-state index in [1.54, 1.807) is 17.0 Å². The highest BCUT2D eigenvalue weighted by Gasteiger charge is 2.21. The van der Waals surface area contributed by atoms with Crippen LogP contribution in [0.4, 0.5) is 5.69 Å². The smallest absolute Gasteiger partial charge is 0.251 e. The molecule has 0 bridgehead atoms. The predicted molar refractivity (Wildman–Crippen MR) is 119 cm³/mol. The first-order valence-electron chi connectivity index (χ1n) is 10.1. The maximum absolute atomic E-state index is 12.7. The van der Waals surface area contributed by atoms with Gasteiger partial charge in [-0.2, -0.15) is 0 Å². The molecule has 2 amide bonds. The first-order valence-corrected chi connectivity index (χ1v) is 10.1. The first kappa shape index (κ1) is 19.7. The fourth-order valence-corrected chi connectivity index (χ4v) is 3.72. The van der Waals surface area contributed by atoms with Gasteiger partial charge in [0.15, 0.2) is 0 Å². The molecule has 0 radical (unpaired) electrons. The van der Waals surface area contributed by atoms with Gasteiger partial charge in [-0.15, -0.1) is 0 Å². The van der Waals surface area contributed by atoms with Crippen molar-refractivity contribution in [3.05, 3.63) is 90.0 Å². The molecule has 0 atom stereocenters. The van der Waals surface area contributed by atoms with E-state index < -0.39 is 0 Å². The summed E-state index contributed by atoms with van der Waals surface area (Å²) in [4.78, 5) is 29.2. The third-order valence-electron chi connectivity index (χ3n) is 5.48. The number of amides is 2. The highest BCUT2D eigenvalue weighted by molar-refractivity contribution is 5.96. The van der Waals surface area contributed by atoms with Gasteiger partial charge in [-0.1, -0.05) is 60.7 Å². The molecule has 0 unspecified atom stereocenters.